The first-order chi connectivity index (χ1) is 9.78. The van der Waals surface area contributed by atoms with Crippen molar-refractivity contribution in [3.63, 3.8) is 0 Å². The van der Waals surface area contributed by atoms with Gasteiger partial charge in [0.2, 0.25) is 10.0 Å². The normalized spacial score (nSPS) is 11.2. The third kappa shape index (κ3) is 5.55. The van der Waals surface area contributed by atoms with Crippen LogP contribution >= 0.6 is 11.6 Å². The summed E-state index contributed by atoms with van der Waals surface area (Å²) in [5, 5.41) is 0.393. The number of amides is 1. The third-order valence-electron chi connectivity index (χ3n) is 2.96. The molecule has 0 atom stereocenters. The van der Waals surface area contributed by atoms with E-state index in [1.54, 1.807) is 11.0 Å². The summed E-state index contributed by atoms with van der Waals surface area (Å²) in [6.45, 7) is 5.14. The van der Waals surface area contributed by atoms with Gasteiger partial charge in [0.1, 0.15) is 0 Å². The van der Waals surface area contributed by atoms with Gasteiger partial charge < -0.3 is 4.90 Å². The van der Waals surface area contributed by atoms with E-state index in [4.69, 9.17) is 11.6 Å². The average molecular weight is 333 g/mol. The maximum absolute atomic E-state index is 12.6. The Balaban J connectivity index is 3.14. The molecule has 0 fully saturated rings. The van der Waals surface area contributed by atoms with E-state index < -0.39 is 10.0 Å². The number of carbonyl (C=O) groups is 1. The number of unbranched alkanes of at least 4 members (excludes halogenated alkanes) is 1. The van der Waals surface area contributed by atoms with Gasteiger partial charge in [-0.15, -0.1) is 0 Å². The van der Waals surface area contributed by atoms with Crippen LogP contribution in [0, 0.1) is 0 Å². The first kappa shape index (κ1) is 17.8. The van der Waals surface area contributed by atoms with E-state index in [9.17, 15) is 13.2 Å². The topological polar surface area (TPSA) is 66.5 Å². The Bertz CT molecular complexity index is 602. The molecule has 118 valence electrons. The number of nitrogens with one attached hydrogen (secondary N) is 1. The predicted octanol–water partition coefficient (Wildman–Crippen LogP) is 2.97. The van der Waals surface area contributed by atoms with Crippen molar-refractivity contribution >= 4 is 33.2 Å². The van der Waals surface area contributed by atoms with Gasteiger partial charge in [-0.2, -0.15) is 0 Å². The monoisotopic (exact) mass is 332 g/mol. The molecule has 0 saturated heterocycles. The highest BCUT2D eigenvalue weighted by molar-refractivity contribution is 7.92. The van der Waals surface area contributed by atoms with Gasteiger partial charge in [0.15, 0.2) is 0 Å². The van der Waals surface area contributed by atoms with Crippen LogP contribution in [0.5, 0.6) is 0 Å². The van der Waals surface area contributed by atoms with Gasteiger partial charge in [-0.1, -0.05) is 24.9 Å². The van der Waals surface area contributed by atoms with E-state index in [1.165, 1.54) is 12.1 Å². The molecule has 21 heavy (non-hydrogen) atoms. The first-order valence-corrected chi connectivity index (χ1v) is 9.12. The predicted molar refractivity (Wildman–Crippen MR) is 86.4 cm³/mol. The molecule has 0 spiro atoms. The summed E-state index contributed by atoms with van der Waals surface area (Å²) in [4.78, 5) is 14.3. The zero-order valence-electron chi connectivity index (χ0n) is 12.5. The van der Waals surface area contributed by atoms with Crippen molar-refractivity contribution in [3.8, 4) is 0 Å². The molecule has 0 aromatic heterocycles. The molecule has 0 bridgehead atoms. The summed E-state index contributed by atoms with van der Waals surface area (Å²) in [7, 11) is -3.46. The van der Waals surface area contributed by atoms with E-state index in [0.717, 1.165) is 19.1 Å². The number of sulfonamides is 1. The number of anilines is 1. The van der Waals surface area contributed by atoms with Crippen molar-refractivity contribution in [2.75, 3.05) is 24.1 Å². The lowest BCUT2D eigenvalue weighted by molar-refractivity contribution is 0.0763. The lowest BCUT2D eigenvalue weighted by atomic mass is 10.1. The molecule has 0 aliphatic rings. The van der Waals surface area contributed by atoms with Gasteiger partial charge in [-0.05, 0) is 31.5 Å². The molecule has 1 amide bonds. The fourth-order valence-corrected chi connectivity index (χ4v) is 2.65. The summed E-state index contributed by atoms with van der Waals surface area (Å²) in [5.41, 5.74) is 0.521. The molecule has 1 aromatic rings. The molecular formula is C14H21ClN2O3S. The van der Waals surface area contributed by atoms with E-state index in [-0.39, 0.29) is 17.2 Å². The van der Waals surface area contributed by atoms with E-state index in [1.807, 2.05) is 13.8 Å². The maximum Gasteiger partial charge on any atom is 0.256 e. The van der Waals surface area contributed by atoms with Crippen LogP contribution in [0.25, 0.3) is 0 Å². The summed E-state index contributed by atoms with van der Waals surface area (Å²) in [6.07, 6.45) is 2.92. The van der Waals surface area contributed by atoms with E-state index >= 15 is 0 Å². The van der Waals surface area contributed by atoms with Crippen molar-refractivity contribution < 1.29 is 13.2 Å². The van der Waals surface area contributed by atoms with E-state index in [2.05, 4.69) is 4.72 Å². The lowest BCUT2D eigenvalue weighted by Crippen LogP contribution is -2.32. The fourth-order valence-electron chi connectivity index (χ4n) is 1.90. The van der Waals surface area contributed by atoms with Gasteiger partial charge in [0, 0.05) is 18.1 Å². The van der Waals surface area contributed by atoms with Crippen LogP contribution in [0.2, 0.25) is 5.02 Å². The van der Waals surface area contributed by atoms with Crippen molar-refractivity contribution in [2.24, 2.45) is 0 Å². The number of halogens is 1. The highest BCUT2D eigenvalue weighted by Gasteiger charge is 2.19. The number of rotatable bonds is 7. The Labute approximate surface area is 131 Å². The largest absolute Gasteiger partial charge is 0.339 e. The number of hydrogen-bond donors (Lipinski definition) is 1. The Hall–Kier alpha value is -1.27. The molecule has 0 unspecified atom stereocenters. The van der Waals surface area contributed by atoms with Crippen LogP contribution in [0.4, 0.5) is 5.69 Å². The second kappa shape index (κ2) is 7.66. The Morgan fingerprint density at radius 2 is 2.00 bits per heavy atom. The highest BCUT2D eigenvalue weighted by Crippen LogP contribution is 2.23. The van der Waals surface area contributed by atoms with Crippen LogP contribution < -0.4 is 4.72 Å². The Morgan fingerprint density at radius 3 is 2.52 bits per heavy atom. The Morgan fingerprint density at radius 1 is 1.33 bits per heavy atom. The summed E-state index contributed by atoms with van der Waals surface area (Å²) in [5.74, 6) is -0.223. The van der Waals surface area contributed by atoms with Crippen LogP contribution in [0.1, 0.15) is 37.0 Å². The summed E-state index contributed by atoms with van der Waals surface area (Å²) < 4.78 is 25.2. The quantitative estimate of drug-likeness (QED) is 0.834. The standard InChI is InChI=1S/C14H21ClN2O3S/c1-4-6-9-17(5-2)14(18)12-10-11(15)7-8-13(12)16-21(3,19)20/h7-8,10,16H,4-6,9H2,1-3H3. The number of carbonyl (C=O) groups excluding carboxylic acids is 1. The molecule has 0 heterocycles. The van der Waals surface area contributed by atoms with Gasteiger partial charge in [0.25, 0.3) is 5.91 Å². The van der Waals surface area contributed by atoms with Crippen molar-refractivity contribution in [3.05, 3.63) is 28.8 Å². The summed E-state index contributed by atoms with van der Waals surface area (Å²) >= 11 is 5.94. The number of nitrogens with zero attached hydrogens (tertiary/aromatic N) is 1. The fraction of sp³-hybridized carbons (Fsp3) is 0.500. The minimum Gasteiger partial charge on any atom is -0.339 e. The van der Waals surface area contributed by atoms with E-state index in [0.29, 0.717) is 18.1 Å². The molecule has 1 aromatic carbocycles. The second-order valence-electron chi connectivity index (χ2n) is 4.80. The van der Waals surface area contributed by atoms with Crippen molar-refractivity contribution in [1.82, 2.24) is 4.90 Å². The smallest absolute Gasteiger partial charge is 0.256 e. The second-order valence-corrected chi connectivity index (χ2v) is 6.99. The van der Waals surface area contributed by atoms with Crippen LogP contribution in [0.15, 0.2) is 18.2 Å². The van der Waals surface area contributed by atoms with Gasteiger partial charge >= 0.3 is 0 Å². The molecule has 1 N–H and O–H groups in total. The van der Waals surface area contributed by atoms with Crippen molar-refractivity contribution in [1.29, 1.82) is 0 Å². The van der Waals surface area contributed by atoms with Gasteiger partial charge in [-0.25, -0.2) is 8.42 Å². The zero-order chi connectivity index (χ0) is 16.0. The van der Waals surface area contributed by atoms with Gasteiger partial charge in [0.05, 0.1) is 17.5 Å². The summed E-state index contributed by atoms with van der Waals surface area (Å²) in [6, 6.07) is 4.55. The first-order valence-electron chi connectivity index (χ1n) is 6.85. The third-order valence-corrected chi connectivity index (χ3v) is 3.78. The molecule has 0 saturated carbocycles. The van der Waals surface area contributed by atoms with Crippen molar-refractivity contribution in [2.45, 2.75) is 26.7 Å². The molecular weight excluding hydrogens is 312 g/mol. The molecule has 0 aliphatic carbocycles. The average Bonchev–Trinajstić information content (AvgIpc) is 2.40. The number of benzene rings is 1. The molecule has 1 rings (SSSR count). The molecule has 0 aliphatic heterocycles. The Kier molecular flexibility index (Phi) is 6.48. The van der Waals surface area contributed by atoms with Crippen LogP contribution in [-0.4, -0.2) is 38.6 Å². The highest BCUT2D eigenvalue weighted by atomic mass is 35.5. The number of hydrogen-bond acceptors (Lipinski definition) is 3. The maximum atomic E-state index is 12.6. The molecule has 0 radical (unpaired) electrons. The van der Waals surface area contributed by atoms with Crippen LogP contribution in [0.3, 0.4) is 0 Å². The SMILES string of the molecule is CCCCN(CC)C(=O)c1cc(Cl)ccc1NS(C)(=O)=O. The minimum atomic E-state index is -3.46. The zero-order valence-corrected chi connectivity index (χ0v) is 14.1. The van der Waals surface area contributed by atoms with Crippen LogP contribution in [-0.2, 0) is 10.0 Å². The van der Waals surface area contributed by atoms with Gasteiger partial charge in [-0.3, -0.25) is 9.52 Å². The minimum absolute atomic E-state index is 0.223. The molecule has 7 heteroatoms. The molecule has 5 nitrogen and oxygen atoms in total. The lowest BCUT2D eigenvalue weighted by Gasteiger charge is -2.22.